The first kappa shape index (κ1) is 31.4. The molecule has 1 atom stereocenters. The first-order chi connectivity index (χ1) is 16.5. The Morgan fingerprint density at radius 3 is 1.53 bits per heavy atom. The molecule has 212 valence electrons. The highest BCUT2D eigenvalue weighted by Crippen LogP contribution is 2.53. The van der Waals surface area contributed by atoms with Crippen molar-refractivity contribution in [2.24, 2.45) is 0 Å². The molecule has 0 amide bonds. The van der Waals surface area contributed by atoms with Crippen molar-refractivity contribution < 1.29 is 19.1 Å². The Balaban J connectivity index is 1.54. The average Bonchev–Trinajstić information content (AvgIpc) is 2.71. The Bertz CT molecular complexity index is 652. The molecule has 2 heterocycles. The maximum absolute atomic E-state index is 12.4. The van der Waals surface area contributed by atoms with Crippen LogP contribution < -0.4 is 0 Å². The fourth-order valence-electron chi connectivity index (χ4n) is 6.15. The van der Waals surface area contributed by atoms with Gasteiger partial charge >= 0.3 is 11.9 Å². The highest BCUT2D eigenvalue weighted by atomic mass is 32.3. The zero-order chi connectivity index (χ0) is 27.4. The van der Waals surface area contributed by atoms with Gasteiger partial charge in [0.2, 0.25) is 0 Å². The summed E-state index contributed by atoms with van der Waals surface area (Å²) in [5, 5.41) is 0. The van der Waals surface area contributed by atoms with Crippen molar-refractivity contribution >= 4 is 22.2 Å². The quantitative estimate of drug-likeness (QED) is 0.231. The molecule has 0 bridgehead atoms. The molecular formula is C29H56N2O4S. The Hall–Kier alpha value is -0.790. The van der Waals surface area contributed by atoms with Gasteiger partial charge < -0.3 is 9.47 Å². The molecule has 0 aliphatic carbocycles. The third-order valence-electron chi connectivity index (χ3n) is 8.79. The number of carbonyl (C=O) groups excluding carboxylic acids is 2. The molecule has 1 unspecified atom stereocenters. The van der Waals surface area contributed by atoms with Gasteiger partial charge in [0, 0.05) is 54.5 Å². The molecule has 0 N–H and O–H groups in total. The number of nitrogens with zero attached hydrogens (tertiary/aromatic N) is 2. The van der Waals surface area contributed by atoms with E-state index in [4.69, 9.17) is 9.47 Å². The first-order valence-corrected chi connectivity index (χ1v) is 16.6. The zero-order valence-electron chi connectivity index (χ0n) is 25.1. The number of unbranched alkanes of at least 4 members (excludes halogenated alkanes) is 5. The number of hydrogen-bond acceptors (Lipinski definition) is 6. The SMILES string of the molecule is CN1C(C)(C)CC(OC(=O)CCCCCCCCC(=O)OC2CC(C)(C)N(C)S(C)(C)C2)CC1(C)C. The third kappa shape index (κ3) is 8.90. The molecule has 2 saturated heterocycles. The molecule has 2 fully saturated rings. The molecule has 36 heavy (non-hydrogen) atoms. The number of ether oxygens (including phenoxy) is 2. The number of esters is 2. The van der Waals surface area contributed by atoms with Gasteiger partial charge in [0.05, 0.1) is 0 Å². The van der Waals surface area contributed by atoms with Crippen LogP contribution in [0.3, 0.4) is 0 Å². The molecule has 6 nitrogen and oxygen atoms in total. The third-order valence-corrected chi connectivity index (χ3v) is 12.0. The maximum Gasteiger partial charge on any atom is 0.306 e. The summed E-state index contributed by atoms with van der Waals surface area (Å²) < 4.78 is 14.2. The lowest BCUT2D eigenvalue weighted by Gasteiger charge is -2.56. The van der Waals surface area contributed by atoms with E-state index < -0.39 is 10.2 Å². The van der Waals surface area contributed by atoms with Crippen LogP contribution in [0.4, 0.5) is 0 Å². The standard InChI is InChI=1S/C29H56N2O4S/c1-27(2)19-23(20-28(3,4)30(27)7)34-25(32)17-15-13-11-12-14-16-18-26(33)35-24-21-29(5,6)31(8)36(9,10)22-24/h23-24H,11-22H2,1-10H3. The van der Waals surface area contributed by atoms with Gasteiger partial charge in [0.1, 0.15) is 12.2 Å². The van der Waals surface area contributed by atoms with Crippen molar-refractivity contribution in [2.45, 2.75) is 141 Å². The van der Waals surface area contributed by atoms with E-state index >= 15 is 0 Å². The van der Waals surface area contributed by atoms with Gasteiger partial charge in [-0.2, -0.15) is 10.2 Å². The van der Waals surface area contributed by atoms with Crippen molar-refractivity contribution in [3.8, 4) is 0 Å². The largest absolute Gasteiger partial charge is 0.462 e. The van der Waals surface area contributed by atoms with E-state index in [1.165, 1.54) is 0 Å². The van der Waals surface area contributed by atoms with Gasteiger partial charge in [-0.3, -0.25) is 18.8 Å². The monoisotopic (exact) mass is 528 g/mol. The second kappa shape index (κ2) is 12.4. The predicted molar refractivity (Wildman–Crippen MR) is 153 cm³/mol. The molecule has 7 heteroatoms. The Morgan fingerprint density at radius 2 is 1.08 bits per heavy atom. The van der Waals surface area contributed by atoms with Gasteiger partial charge in [0.25, 0.3) is 0 Å². The van der Waals surface area contributed by atoms with E-state index in [1.54, 1.807) is 0 Å². The number of carbonyl (C=O) groups is 2. The summed E-state index contributed by atoms with van der Waals surface area (Å²) >= 11 is 0. The van der Waals surface area contributed by atoms with Crippen LogP contribution in [0.2, 0.25) is 0 Å². The van der Waals surface area contributed by atoms with Crippen molar-refractivity contribution in [1.29, 1.82) is 0 Å². The Kier molecular flexibility index (Phi) is 10.8. The second-order valence-electron chi connectivity index (χ2n) is 13.6. The summed E-state index contributed by atoms with van der Waals surface area (Å²) in [4.78, 5) is 27.2. The molecule has 0 spiro atoms. The highest BCUT2D eigenvalue weighted by molar-refractivity contribution is 8.30. The topological polar surface area (TPSA) is 59.1 Å². The lowest BCUT2D eigenvalue weighted by molar-refractivity contribution is -0.159. The minimum Gasteiger partial charge on any atom is -0.462 e. The smallest absolute Gasteiger partial charge is 0.306 e. The highest BCUT2D eigenvalue weighted by Gasteiger charge is 2.44. The van der Waals surface area contributed by atoms with Crippen LogP contribution in [0.15, 0.2) is 0 Å². The van der Waals surface area contributed by atoms with E-state index in [2.05, 4.69) is 77.4 Å². The number of piperidine rings is 1. The summed E-state index contributed by atoms with van der Waals surface area (Å²) in [7, 11) is 3.46. The molecule has 0 aromatic heterocycles. The van der Waals surface area contributed by atoms with Crippen LogP contribution in [0.1, 0.15) is 112 Å². The molecule has 0 aromatic rings. The molecular weight excluding hydrogens is 472 g/mol. The normalized spacial score (nSPS) is 26.8. The van der Waals surface area contributed by atoms with E-state index in [-0.39, 0.29) is 40.8 Å². The Morgan fingerprint density at radius 1 is 0.694 bits per heavy atom. The van der Waals surface area contributed by atoms with E-state index in [9.17, 15) is 9.59 Å². The van der Waals surface area contributed by atoms with E-state index in [1.807, 2.05) is 0 Å². The molecule has 2 rings (SSSR count). The average molecular weight is 529 g/mol. The summed E-state index contributed by atoms with van der Waals surface area (Å²) in [5.74, 6) is 0.869. The minimum atomic E-state index is -0.908. The van der Waals surface area contributed by atoms with Crippen LogP contribution in [0.5, 0.6) is 0 Å². The maximum atomic E-state index is 12.4. The van der Waals surface area contributed by atoms with Gasteiger partial charge in [-0.15, -0.1) is 0 Å². The van der Waals surface area contributed by atoms with Crippen molar-refractivity contribution in [3.05, 3.63) is 0 Å². The summed E-state index contributed by atoms with van der Waals surface area (Å²) in [6.45, 7) is 13.4. The first-order valence-electron chi connectivity index (χ1n) is 14.0. The molecule has 0 saturated carbocycles. The van der Waals surface area contributed by atoms with Crippen molar-refractivity contribution in [2.75, 3.05) is 32.4 Å². The van der Waals surface area contributed by atoms with Crippen molar-refractivity contribution in [1.82, 2.24) is 9.21 Å². The van der Waals surface area contributed by atoms with Gasteiger partial charge in [-0.25, -0.2) is 0 Å². The minimum absolute atomic E-state index is 0.00604. The van der Waals surface area contributed by atoms with Gasteiger partial charge in [-0.1, -0.05) is 25.7 Å². The molecule has 2 aliphatic heterocycles. The van der Waals surface area contributed by atoms with Gasteiger partial charge in [0.15, 0.2) is 0 Å². The van der Waals surface area contributed by atoms with Crippen LogP contribution in [-0.2, 0) is 19.1 Å². The zero-order valence-corrected chi connectivity index (χ0v) is 25.9. The second-order valence-corrected chi connectivity index (χ2v) is 17.4. The predicted octanol–water partition coefficient (Wildman–Crippen LogP) is 6.31. The lowest BCUT2D eigenvalue weighted by atomic mass is 9.79. The summed E-state index contributed by atoms with van der Waals surface area (Å²) in [5.41, 5.74) is 0.121. The Labute approximate surface area is 223 Å². The van der Waals surface area contributed by atoms with Crippen LogP contribution >= 0.6 is 10.2 Å². The van der Waals surface area contributed by atoms with Gasteiger partial charge in [-0.05, 0) is 81.0 Å². The fourth-order valence-corrected chi connectivity index (χ4v) is 8.89. The summed E-state index contributed by atoms with van der Waals surface area (Å²) in [6, 6.07) is 0. The fraction of sp³-hybridized carbons (Fsp3) is 0.931. The van der Waals surface area contributed by atoms with Crippen LogP contribution in [0.25, 0.3) is 0 Å². The number of rotatable bonds is 11. The van der Waals surface area contributed by atoms with Crippen LogP contribution in [-0.4, -0.2) is 82.3 Å². The molecule has 0 aromatic carbocycles. The number of hydrogen-bond donors (Lipinski definition) is 0. The van der Waals surface area contributed by atoms with E-state index in [0.29, 0.717) is 12.8 Å². The number of likely N-dealkylation sites (tertiary alicyclic amines) is 1. The molecule has 0 radical (unpaired) electrons. The van der Waals surface area contributed by atoms with Crippen LogP contribution in [0, 0.1) is 0 Å². The lowest BCUT2D eigenvalue weighted by Crippen LogP contribution is -2.60. The van der Waals surface area contributed by atoms with Crippen molar-refractivity contribution in [3.63, 3.8) is 0 Å². The molecule has 2 aliphatic rings. The summed E-state index contributed by atoms with van der Waals surface area (Å²) in [6.07, 6.45) is 14.4. The van der Waals surface area contributed by atoms with E-state index in [0.717, 1.165) is 63.5 Å².